The number of pyridine rings is 1. The summed E-state index contributed by atoms with van der Waals surface area (Å²) in [5.74, 6) is 0. The van der Waals surface area contributed by atoms with Gasteiger partial charge < -0.3 is 5.11 Å². The molecule has 52 valence electrons. The predicted molar refractivity (Wildman–Crippen MR) is 35.6 cm³/mol. The summed E-state index contributed by atoms with van der Waals surface area (Å²) in [7, 11) is 0. The Morgan fingerprint density at radius 2 is 2.50 bits per heavy atom. The van der Waals surface area contributed by atoms with Crippen LogP contribution in [0.1, 0.15) is 5.69 Å². The van der Waals surface area contributed by atoms with E-state index in [0.29, 0.717) is 5.69 Å². The molecule has 10 heavy (non-hydrogen) atoms. The first-order valence-corrected chi connectivity index (χ1v) is 2.76. The summed E-state index contributed by atoms with van der Waals surface area (Å²) in [4.78, 5) is 13.7. The topological polar surface area (TPSA) is 62.5 Å². The molecule has 0 aliphatic heterocycles. The quantitative estimate of drug-likeness (QED) is 0.619. The lowest BCUT2D eigenvalue weighted by atomic mass is 10.3. The van der Waals surface area contributed by atoms with Crippen molar-refractivity contribution < 1.29 is 5.11 Å². The zero-order valence-corrected chi connectivity index (χ0v) is 5.19. The van der Waals surface area contributed by atoms with E-state index in [0.717, 1.165) is 0 Å². The molecule has 0 radical (unpaired) electrons. The molecule has 0 aromatic carbocycles. The molecular formula is C6H6N2O2. The van der Waals surface area contributed by atoms with Crippen LogP contribution in [0.3, 0.4) is 0 Å². The van der Waals surface area contributed by atoms with Crippen molar-refractivity contribution in [1.82, 2.24) is 4.98 Å². The van der Waals surface area contributed by atoms with E-state index in [1.807, 2.05) is 0 Å². The van der Waals surface area contributed by atoms with Gasteiger partial charge in [0.05, 0.1) is 12.3 Å². The molecule has 0 fully saturated rings. The van der Waals surface area contributed by atoms with Gasteiger partial charge in [0.1, 0.15) is 5.69 Å². The van der Waals surface area contributed by atoms with Gasteiger partial charge in [-0.15, -0.1) is 4.91 Å². The number of aromatic nitrogens is 1. The summed E-state index contributed by atoms with van der Waals surface area (Å²) in [5.41, 5.74) is 0.516. The lowest BCUT2D eigenvalue weighted by Crippen LogP contribution is -1.86. The molecule has 0 saturated heterocycles. The fraction of sp³-hybridized carbons (Fsp3) is 0.167. The Morgan fingerprint density at radius 3 is 3.00 bits per heavy atom. The lowest BCUT2D eigenvalue weighted by Gasteiger charge is -1.94. The van der Waals surface area contributed by atoms with E-state index in [1.165, 1.54) is 12.3 Å². The average Bonchev–Trinajstić information content (AvgIpc) is 2.04. The maximum atomic E-state index is 9.99. The van der Waals surface area contributed by atoms with Crippen molar-refractivity contribution >= 4 is 5.69 Å². The second-order valence-corrected chi connectivity index (χ2v) is 1.72. The molecule has 0 aliphatic carbocycles. The Hall–Kier alpha value is -1.29. The number of aliphatic hydroxyl groups excluding tert-OH is 1. The number of aliphatic hydroxyl groups is 1. The molecule has 0 bridgehead atoms. The van der Waals surface area contributed by atoms with E-state index >= 15 is 0 Å². The third-order valence-corrected chi connectivity index (χ3v) is 1.11. The van der Waals surface area contributed by atoms with E-state index in [2.05, 4.69) is 10.2 Å². The van der Waals surface area contributed by atoms with Crippen LogP contribution in [-0.2, 0) is 6.61 Å². The van der Waals surface area contributed by atoms with E-state index in [-0.39, 0.29) is 12.3 Å². The Morgan fingerprint density at radius 1 is 1.70 bits per heavy atom. The molecule has 0 spiro atoms. The van der Waals surface area contributed by atoms with Gasteiger partial charge in [0.2, 0.25) is 0 Å². The molecule has 0 aliphatic rings. The SMILES string of the molecule is O=Nc1cccnc1CO. The third-order valence-electron chi connectivity index (χ3n) is 1.11. The number of hydrogen-bond donors (Lipinski definition) is 1. The molecule has 1 heterocycles. The van der Waals surface area contributed by atoms with Crippen LogP contribution in [0.2, 0.25) is 0 Å². The molecule has 0 saturated carbocycles. The van der Waals surface area contributed by atoms with Crippen molar-refractivity contribution in [2.24, 2.45) is 5.18 Å². The highest BCUT2D eigenvalue weighted by Gasteiger charge is 1.99. The van der Waals surface area contributed by atoms with E-state index in [1.54, 1.807) is 6.07 Å². The molecular weight excluding hydrogens is 132 g/mol. The maximum Gasteiger partial charge on any atom is 0.131 e. The zero-order valence-electron chi connectivity index (χ0n) is 5.19. The molecule has 0 amide bonds. The highest BCUT2D eigenvalue weighted by molar-refractivity contribution is 5.40. The molecule has 1 aromatic rings. The van der Waals surface area contributed by atoms with Crippen LogP contribution in [0, 0.1) is 4.91 Å². The van der Waals surface area contributed by atoms with Gasteiger partial charge in [-0.1, -0.05) is 0 Å². The van der Waals surface area contributed by atoms with Gasteiger partial charge in [0, 0.05) is 6.20 Å². The summed E-state index contributed by atoms with van der Waals surface area (Å²) < 4.78 is 0. The highest BCUT2D eigenvalue weighted by atomic mass is 16.3. The van der Waals surface area contributed by atoms with Crippen molar-refractivity contribution in [3.05, 3.63) is 28.9 Å². The highest BCUT2D eigenvalue weighted by Crippen LogP contribution is 2.14. The standard InChI is InChI=1S/C6H6N2O2/c9-4-6-5(8-10)2-1-3-7-6/h1-3,9H,4H2. The fourth-order valence-corrected chi connectivity index (χ4v) is 0.634. The number of rotatable bonds is 2. The van der Waals surface area contributed by atoms with Crippen LogP contribution in [-0.4, -0.2) is 10.1 Å². The van der Waals surface area contributed by atoms with Crippen molar-refractivity contribution in [1.29, 1.82) is 0 Å². The predicted octanol–water partition coefficient (Wildman–Crippen LogP) is 0.972. The summed E-state index contributed by atoms with van der Waals surface area (Å²) in [6, 6.07) is 3.10. The van der Waals surface area contributed by atoms with Crippen LogP contribution in [0.5, 0.6) is 0 Å². The van der Waals surface area contributed by atoms with Crippen LogP contribution in [0.4, 0.5) is 5.69 Å². The summed E-state index contributed by atoms with van der Waals surface area (Å²) >= 11 is 0. The van der Waals surface area contributed by atoms with Crippen LogP contribution >= 0.6 is 0 Å². The fourth-order valence-electron chi connectivity index (χ4n) is 0.634. The van der Waals surface area contributed by atoms with E-state index in [4.69, 9.17) is 5.11 Å². The first-order valence-electron chi connectivity index (χ1n) is 2.76. The molecule has 1 rings (SSSR count). The average molecular weight is 138 g/mol. The van der Waals surface area contributed by atoms with Crippen LogP contribution in [0.25, 0.3) is 0 Å². The largest absolute Gasteiger partial charge is 0.390 e. The van der Waals surface area contributed by atoms with Gasteiger partial charge in [-0.2, -0.15) is 0 Å². The van der Waals surface area contributed by atoms with Gasteiger partial charge in [-0.05, 0) is 17.3 Å². The minimum Gasteiger partial charge on any atom is -0.390 e. The minimum absolute atomic E-state index is 0.199. The van der Waals surface area contributed by atoms with Crippen molar-refractivity contribution in [3.63, 3.8) is 0 Å². The van der Waals surface area contributed by atoms with Crippen LogP contribution in [0.15, 0.2) is 23.5 Å². The summed E-state index contributed by atoms with van der Waals surface area (Å²) in [6.07, 6.45) is 1.50. The molecule has 4 nitrogen and oxygen atoms in total. The monoisotopic (exact) mass is 138 g/mol. The lowest BCUT2D eigenvalue weighted by molar-refractivity contribution is 0.277. The van der Waals surface area contributed by atoms with Gasteiger partial charge in [0.15, 0.2) is 0 Å². The second-order valence-electron chi connectivity index (χ2n) is 1.72. The van der Waals surface area contributed by atoms with Gasteiger partial charge >= 0.3 is 0 Å². The molecule has 1 N–H and O–H groups in total. The Kier molecular flexibility index (Phi) is 2.07. The van der Waals surface area contributed by atoms with Crippen LogP contribution < -0.4 is 0 Å². The van der Waals surface area contributed by atoms with Crippen molar-refractivity contribution in [2.45, 2.75) is 6.61 Å². The Balaban J connectivity index is 3.08. The van der Waals surface area contributed by atoms with Gasteiger partial charge in [-0.25, -0.2) is 0 Å². The van der Waals surface area contributed by atoms with E-state index in [9.17, 15) is 4.91 Å². The number of hydrogen-bond acceptors (Lipinski definition) is 4. The van der Waals surface area contributed by atoms with Gasteiger partial charge in [0.25, 0.3) is 0 Å². The molecule has 0 atom stereocenters. The molecule has 4 heteroatoms. The smallest absolute Gasteiger partial charge is 0.131 e. The number of nitroso groups, excluding NO2 is 1. The number of nitrogens with zero attached hydrogens (tertiary/aromatic N) is 2. The normalized spacial score (nSPS) is 9.30. The first kappa shape index (κ1) is 6.82. The van der Waals surface area contributed by atoms with Gasteiger partial charge in [-0.3, -0.25) is 4.98 Å². The third kappa shape index (κ3) is 1.16. The van der Waals surface area contributed by atoms with Crippen molar-refractivity contribution in [2.75, 3.05) is 0 Å². The van der Waals surface area contributed by atoms with E-state index < -0.39 is 0 Å². The second kappa shape index (κ2) is 3.03. The first-order chi connectivity index (χ1) is 4.88. The van der Waals surface area contributed by atoms with Crippen molar-refractivity contribution in [3.8, 4) is 0 Å². The Labute approximate surface area is 57.5 Å². The zero-order chi connectivity index (χ0) is 7.40. The minimum atomic E-state index is -0.248. The molecule has 0 unspecified atom stereocenters. The summed E-state index contributed by atoms with van der Waals surface area (Å²) in [5, 5.41) is 11.3. The summed E-state index contributed by atoms with van der Waals surface area (Å²) in [6.45, 7) is -0.248. The molecule has 1 aromatic heterocycles. The Bertz CT molecular complexity index is 237. The maximum absolute atomic E-state index is 9.99.